The number of carbonyl (C=O) groups excluding carboxylic acids is 1. The van der Waals surface area contributed by atoms with Gasteiger partial charge in [-0.15, -0.1) is 0 Å². The van der Waals surface area contributed by atoms with E-state index in [9.17, 15) is 4.79 Å². The molecule has 1 heterocycles. The molecular formula is C24H22N2O3. The van der Waals surface area contributed by atoms with Crippen molar-refractivity contribution < 1.29 is 13.9 Å². The molecule has 1 amide bonds. The molecule has 5 nitrogen and oxygen atoms in total. The Morgan fingerprint density at radius 1 is 1.00 bits per heavy atom. The van der Waals surface area contributed by atoms with E-state index in [0.717, 1.165) is 22.3 Å². The summed E-state index contributed by atoms with van der Waals surface area (Å²) >= 11 is 0. The maximum atomic E-state index is 12.3. The second-order valence-corrected chi connectivity index (χ2v) is 7.18. The molecule has 4 rings (SSSR count). The molecule has 0 atom stereocenters. The highest BCUT2D eigenvalue weighted by Crippen LogP contribution is 2.28. The van der Waals surface area contributed by atoms with Gasteiger partial charge >= 0.3 is 0 Å². The Hall–Kier alpha value is -3.60. The first-order valence-corrected chi connectivity index (χ1v) is 9.45. The minimum atomic E-state index is -0.230. The summed E-state index contributed by atoms with van der Waals surface area (Å²) in [6.45, 7) is 5.95. The predicted octanol–water partition coefficient (Wildman–Crippen LogP) is 5.44. The molecule has 29 heavy (non-hydrogen) atoms. The lowest BCUT2D eigenvalue weighted by Gasteiger charge is -2.09. The number of benzene rings is 3. The van der Waals surface area contributed by atoms with Crippen molar-refractivity contribution in [2.45, 2.75) is 20.8 Å². The van der Waals surface area contributed by atoms with Crippen LogP contribution in [0.25, 0.3) is 22.6 Å². The molecule has 0 aliphatic rings. The summed E-state index contributed by atoms with van der Waals surface area (Å²) < 4.78 is 11.5. The van der Waals surface area contributed by atoms with Crippen molar-refractivity contribution in [2.24, 2.45) is 0 Å². The molecule has 0 saturated carbocycles. The molecule has 3 aromatic carbocycles. The van der Waals surface area contributed by atoms with Gasteiger partial charge < -0.3 is 14.5 Å². The normalized spacial score (nSPS) is 10.9. The van der Waals surface area contributed by atoms with Crippen LogP contribution in [0.3, 0.4) is 0 Å². The first-order chi connectivity index (χ1) is 14.0. The van der Waals surface area contributed by atoms with Crippen molar-refractivity contribution in [2.75, 3.05) is 11.9 Å². The fraction of sp³-hybridized carbons (Fsp3) is 0.167. The molecule has 0 radical (unpaired) electrons. The van der Waals surface area contributed by atoms with Gasteiger partial charge in [0.1, 0.15) is 11.3 Å². The molecule has 0 bridgehead atoms. The molecule has 0 spiro atoms. The Morgan fingerprint density at radius 2 is 1.76 bits per heavy atom. The van der Waals surface area contributed by atoms with E-state index in [-0.39, 0.29) is 12.5 Å². The summed E-state index contributed by atoms with van der Waals surface area (Å²) in [5.41, 5.74) is 6.26. The Bertz CT molecular complexity index is 1170. The zero-order chi connectivity index (χ0) is 20.4. The molecule has 0 fully saturated rings. The van der Waals surface area contributed by atoms with Crippen LogP contribution in [0.1, 0.15) is 16.7 Å². The molecule has 1 aromatic heterocycles. The van der Waals surface area contributed by atoms with Gasteiger partial charge in [0.2, 0.25) is 5.89 Å². The number of amides is 1. The third-order valence-electron chi connectivity index (χ3n) is 4.61. The molecule has 0 aliphatic carbocycles. The number of ether oxygens (including phenoxy) is 1. The van der Waals surface area contributed by atoms with Crippen LogP contribution < -0.4 is 10.1 Å². The SMILES string of the molecule is Cc1cc(C)cc(OCC(=O)Nc2ccc3oc(-c4ccccc4C)nc3c2)c1. The fourth-order valence-electron chi connectivity index (χ4n) is 3.30. The van der Waals surface area contributed by atoms with Gasteiger partial charge in [-0.05, 0) is 73.9 Å². The first kappa shape index (κ1) is 18.7. The Morgan fingerprint density at radius 3 is 2.52 bits per heavy atom. The monoisotopic (exact) mass is 386 g/mol. The highest BCUT2D eigenvalue weighted by molar-refractivity contribution is 5.94. The quantitative estimate of drug-likeness (QED) is 0.496. The first-order valence-electron chi connectivity index (χ1n) is 9.45. The Kier molecular flexibility index (Phi) is 5.04. The van der Waals surface area contributed by atoms with Gasteiger partial charge in [-0.2, -0.15) is 0 Å². The Labute approximate surface area is 169 Å². The van der Waals surface area contributed by atoms with Crippen molar-refractivity contribution in [1.82, 2.24) is 4.98 Å². The van der Waals surface area contributed by atoms with Crippen LogP contribution in [-0.4, -0.2) is 17.5 Å². The lowest BCUT2D eigenvalue weighted by Crippen LogP contribution is -2.20. The predicted molar refractivity (Wildman–Crippen MR) is 114 cm³/mol. The van der Waals surface area contributed by atoms with Crippen LogP contribution in [0.5, 0.6) is 5.75 Å². The maximum absolute atomic E-state index is 12.3. The summed E-state index contributed by atoms with van der Waals surface area (Å²) in [7, 11) is 0. The van der Waals surface area contributed by atoms with Crippen LogP contribution in [0.4, 0.5) is 5.69 Å². The van der Waals surface area contributed by atoms with E-state index in [1.807, 2.05) is 63.2 Å². The van der Waals surface area contributed by atoms with Gasteiger partial charge in [0.25, 0.3) is 5.91 Å². The third-order valence-corrected chi connectivity index (χ3v) is 4.61. The number of nitrogens with zero attached hydrogens (tertiary/aromatic N) is 1. The smallest absolute Gasteiger partial charge is 0.262 e. The van der Waals surface area contributed by atoms with E-state index in [1.54, 1.807) is 12.1 Å². The number of nitrogens with one attached hydrogen (secondary N) is 1. The number of hydrogen-bond donors (Lipinski definition) is 1. The van der Waals surface area contributed by atoms with E-state index in [1.165, 1.54) is 0 Å². The van der Waals surface area contributed by atoms with Crippen LogP contribution >= 0.6 is 0 Å². The maximum Gasteiger partial charge on any atom is 0.262 e. The van der Waals surface area contributed by atoms with Gasteiger partial charge in [-0.3, -0.25) is 4.79 Å². The summed E-state index contributed by atoms with van der Waals surface area (Å²) in [6, 6.07) is 19.2. The summed E-state index contributed by atoms with van der Waals surface area (Å²) in [5.74, 6) is 1.03. The second-order valence-electron chi connectivity index (χ2n) is 7.18. The average molecular weight is 386 g/mol. The number of aromatic nitrogens is 1. The van der Waals surface area contributed by atoms with E-state index >= 15 is 0 Å². The van der Waals surface area contributed by atoms with Gasteiger partial charge in [-0.25, -0.2) is 4.98 Å². The minimum absolute atomic E-state index is 0.0613. The van der Waals surface area contributed by atoms with E-state index in [2.05, 4.69) is 16.4 Å². The van der Waals surface area contributed by atoms with Crippen molar-refractivity contribution in [1.29, 1.82) is 0 Å². The van der Waals surface area contributed by atoms with E-state index in [0.29, 0.717) is 28.4 Å². The molecule has 146 valence electrons. The number of rotatable bonds is 5. The van der Waals surface area contributed by atoms with E-state index < -0.39 is 0 Å². The van der Waals surface area contributed by atoms with E-state index in [4.69, 9.17) is 9.15 Å². The standard InChI is InChI=1S/C24H22N2O3/c1-15-10-16(2)12-19(11-15)28-14-23(27)25-18-8-9-22-21(13-18)26-24(29-22)20-7-5-4-6-17(20)3/h4-13H,14H2,1-3H3,(H,25,27). The van der Waals surface area contributed by atoms with Crippen molar-refractivity contribution >= 4 is 22.7 Å². The summed E-state index contributed by atoms with van der Waals surface area (Å²) in [4.78, 5) is 16.9. The molecule has 0 unspecified atom stereocenters. The largest absolute Gasteiger partial charge is 0.484 e. The highest BCUT2D eigenvalue weighted by Gasteiger charge is 2.12. The lowest BCUT2D eigenvalue weighted by atomic mass is 10.1. The fourth-order valence-corrected chi connectivity index (χ4v) is 3.30. The van der Waals surface area contributed by atoms with Crippen LogP contribution in [0.15, 0.2) is 65.1 Å². The van der Waals surface area contributed by atoms with Gasteiger partial charge in [0.15, 0.2) is 12.2 Å². The number of carbonyl (C=O) groups is 1. The minimum Gasteiger partial charge on any atom is -0.484 e. The third kappa shape index (κ3) is 4.29. The van der Waals surface area contributed by atoms with Gasteiger partial charge in [0, 0.05) is 11.3 Å². The summed E-state index contributed by atoms with van der Waals surface area (Å²) in [6.07, 6.45) is 0. The topological polar surface area (TPSA) is 64.4 Å². The average Bonchev–Trinajstić information content (AvgIpc) is 3.09. The molecular weight excluding hydrogens is 364 g/mol. The van der Waals surface area contributed by atoms with Crippen LogP contribution in [0.2, 0.25) is 0 Å². The second kappa shape index (κ2) is 7.80. The summed E-state index contributed by atoms with van der Waals surface area (Å²) in [5, 5.41) is 2.85. The number of oxazole rings is 1. The molecule has 0 aliphatic heterocycles. The Balaban J connectivity index is 1.46. The lowest BCUT2D eigenvalue weighted by molar-refractivity contribution is -0.118. The number of anilines is 1. The molecule has 1 N–H and O–H groups in total. The highest BCUT2D eigenvalue weighted by atomic mass is 16.5. The van der Waals surface area contributed by atoms with Crippen LogP contribution in [-0.2, 0) is 4.79 Å². The van der Waals surface area contributed by atoms with Crippen molar-refractivity contribution in [3.8, 4) is 17.2 Å². The molecule has 5 heteroatoms. The number of aryl methyl sites for hydroxylation is 3. The van der Waals surface area contributed by atoms with Crippen LogP contribution in [0, 0.1) is 20.8 Å². The van der Waals surface area contributed by atoms with Gasteiger partial charge in [-0.1, -0.05) is 24.3 Å². The van der Waals surface area contributed by atoms with Gasteiger partial charge in [0.05, 0.1) is 0 Å². The van der Waals surface area contributed by atoms with Crippen molar-refractivity contribution in [3.63, 3.8) is 0 Å². The zero-order valence-corrected chi connectivity index (χ0v) is 16.7. The number of fused-ring (bicyclic) bond motifs is 1. The number of hydrogen-bond acceptors (Lipinski definition) is 4. The zero-order valence-electron chi connectivity index (χ0n) is 16.7. The molecule has 4 aromatic rings. The molecule has 0 saturated heterocycles. The van der Waals surface area contributed by atoms with Crippen molar-refractivity contribution in [3.05, 3.63) is 77.4 Å².